The number of carboxylic acids is 1. The molecule has 0 aliphatic rings. The zero-order chi connectivity index (χ0) is 20.6. The molecule has 2 aromatic carbocycles. The summed E-state index contributed by atoms with van der Waals surface area (Å²) in [6.07, 6.45) is 1.43. The number of hydrazone groups is 1. The van der Waals surface area contributed by atoms with E-state index in [1.165, 1.54) is 30.1 Å². The van der Waals surface area contributed by atoms with E-state index >= 15 is 0 Å². The number of aromatic nitrogens is 3. The Balaban J connectivity index is 1.55. The third kappa shape index (κ3) is 5.29. The Hall–Kier alpha value is -3.46. The summed E-state index contributed by atoms with van der Waals surface area (Å²) >= 11 is 1.28. The highest BCUT2D eigenvalue weighted by molar-refractivity contribution is 7.99. The van der Waals surface area contributed by atoms with E-state index in [4.69, 9.17) is 0 Å². The van der Waals surface area contributed by atoms with Gasteiger partial charge in [0.25, 0.3) is 5.91 Å². The fourth-order valence-electron chi connectivity index (χ4n) is 2.53. The van der Waals surface area contributed by atoms with E-state index in [-0.39, 0.29) is 17.2 Å². The SMILES string of the molecule is CCn1c(SCC(=O)NN=Cc2ccc(C(=O)[O-])cc2)nnc1-c1ccccc1. The van der Waals surface area contributed by atoms with Gasteiger partial charge in [-0.15, -0.1) is 10.2 Å². The molecule has 0 aliphatic carbocycles. The van der Waals surface area contributed by atoms with Crippen LogP contribution in [0.5, 0.6) is 0 Å². The minimum absolute atomic E-state index is 0.0810. The number of thioether (sulfide) groups is 1. The Labute approximate surface area is 171 Å². The van der Waals surface area contributed by atoms with Crippen LogP contribution in [0.25, 0.3) is 11.4 Å². The van der Waals surface area contributed by atoms with Gasteiger partial charge in [0, 0.05) is 12.1 Å². The van der Waals surface area contributed by atoms with Crippen molar-refractivity contribution in [2.75, 3.05) is 5.75 Å². The van der Waals surface area contributed by atoms with Crippen molar-refractivity contribution in [3.63, 3.8) is 0 Å². The molecule has 0 saturated carbocycles. The van der Waals surface area contributed by atoms with Crippen molar-refractivity contribution in [1.29, 1.82) is 0 Å². The first-order valence-corrected chi connectivity index (χ1v) is 9.81. The van der Waals surface area contributed by atoms with Crippen LogP contribution in [0, 0.1) is 0 Å². The van der Waals surface area contributed by atoms with Crippen LogP contribution in [0.15, 0.2) is 64.9 Å². The van der Waals surface area contributed by atoms with Crippen LogP contribution in [0.1, 0.15) is 22.8 Å². The fraction of sp³-hybridized carbons (Fsp3) is 0.150. The number of carbonyl (C=O) groups is 2. The predicted octanol–water partition coefficient (Wildman–Crippen LogP) is 1.57. The zero-order valence-electron chi connectivity index (χ0n) is 15.6. The minimum Gasteiger partial charge on any atom is -0.545 e. The van der Waals surface area contributed by atoms with Crippen LogP contribution in [-0.4, -0.2) is 38.6 Å². The van der Waals surface area contributed by atoms with E-state index in [9.17, 15) is 14.7 Å². The van der Waals surface area contributed by atoms with Gasteiger partial charge in [-0.05, 0) is 18.1 Å². The van der Waals surface area contributed by atoms with Crippen LogP contribution < -0.4 is 10.5 Å². The lowest BCUT2D eigenvalue weighted by atomic mass is 10.1. The molecular formula is C20H18N5O3S-. The molecule has 0 radical (unpaired) electrons. The van der Waals surface area contributed by atoms with Crippen molar-refractivity contribution in [2.24, 2.45) is 5.10 Å². The second-order valence-corrected chi connectivity index (χ2v) is 6.85. The Morgan fingerprint density at radius 3 is 2.52 bits per heavy atom. The second-order valence-electron chi connectivity index (χ2n) is 5.91. The van der Waals surface area contributed by atoms with E-state index in [0.29, 0.717) is 17.3 Å². The normalized spacial score (nSPS) is 10.9. The van der Waals surface area contributed by atoms with Crippen LogP contribution in [0.4, 0.5) is 0 Å². The van der Waals surface area contributed by atoms with Gasteiger partial charge in [0.1, 0.15) is 0 Å². The van der Waals surface area contributed by atoms with Gasteiger partial charge in [0.2, 0.25) is 0 Å². The Morgan fingerprint density at radius 1 is 1.14 bits per heavy atom. The first-order valence-electron chi connectivity index (χ1n) is 8.83. The molecule has 1 heterocycles. The Kier molecular flexibility index (Phi) is 6.75. The van der Waals surface area contributed by atoms with Gasteiger partial charge in [-0.1, -0.05) is 66.4 Å². The summed E-state index contributed by atoms with van der Waals surface area (Å²) in [5.74, 6) is -0.638. The monoisotopic (exact) mass is 408 g/mol. The number of aromatic carboxylic acids is 1. The molecule has 0 atom stereocenters. The van der Waals surface area contributed by atoms with Crippen molar-refractivity contribution in [1.82, 2.24) is 20.2 Å². The Bertz CT molecular complexity index is 1020. The van der Waals surface area contributed by atoms with E-state index in [2.05, 4.69) is 20.7 Å². The predicted molar refractivity (Wildman–Crippen MR) is 108 cm³/mol. The summed E-state index contributed by atoms with van der Waals surface area (Å²) in [4.78, 5) is 22.8. The molecule has 0 unspecified atom stereocenters. The molecule has 1 N–H and O–H groups in total. The minimum atomic E-state index is -1.24. The Morgan fingerprint density at radius 2 is 1.86 bits per heavy atom. The maximum Gasteiger partial charge on any atom is 0.250 e. The van der Waals surface area contributed by atoms with Crippen molar-refractivity contribution < 1.29 is 14.7 Å². The summed E-state index contributed by atoms with van der Waals surface area (Å²) in [5.41, 5.74) is 4.14. The third-order valence-corrected chi connectivity index (χ3v) is 4.91. The third-order valence-electron chi connectivity index (χ3n) is 3.95. The second kappa shape index (κ2) is 9.65. The molecule has 148 valence electrons. The quantitative estimate of drug-likeness (QED) is 0.344. The van der Waals surface area contributed by atoms with Gasteiger partial charge in [-0.2, -0.15) is 5.10 Å². The number of nitrogens with zero attached hydrogens (tertiary/aromatic N) is 4. The smallest absolute Gasteiger partial charge is 0.250 e. The molecule has 0 fully saturated rings. The zero-order valence-corrected chi connectivity index (χ0v) is 16.4. The summed E-state index contributed by atoms with van der Waals surface area (Å²) < 4.78 is 1.95. The van der Waals surface area contributed by atoms with Crippen LogP contribution in [0.2, 0.25) is 0 Å². The molecule has 0 aliphatic heterocycles. The summed E-state index contributed by atoms with van der Waals surface area (Å²) in [5, 5.41) is 23.7. The molecule has 0 bridgehead atoms. The number of hydrogen-bond acceptors (Lipinski definition) is 7. The van der Waals surface area contributed by atoms with Gasteiger partial charge in [-0.25, -0.2) is 5.43 Å². The molecule has 1 aromatic heterocycles. The first kappa shape index (κ1) is 20.3. The van der Waals surface area contributed by atoms with E-state index < -0.39 is 5.97 Å². The largest absolute Gasteiger partial charge is 0.545 e. The highest BCUT2D eigenvalue weighted by Gasteiger charge is 2.14. The van der Waals surface area contributed by atoms with Crippen molar-refractivity contribution in [3.05, 3.63) is 65.7 Å². The lowest BCUT2D eigenvalue weighted by Crippen LogP contribution is -2.22. The van der Waals surface area contributed by atoms with Crippen molar-refractivity contribution in [3.8, 4) is 11.4 Å². The van der Waals surface area contributed by atoms with Crippen molar-refractivity contribution >= 4 is 29.9 Å². The molecule has 1 amide bonds. The van der Waals surface area contributed by atoms with E-state index in [1.807, 2.05) is 41.8 Å². The summed E-state index contributed by atoms with van der Waals surface area (Å²) in [7, 11) is 0. The molecular weight excluding hydrogens is 390 g/mol. The van der Waals surface area contributed by atoms with Crippen LogP contribution in [-0.2, 0) is 11.3 Å². The number of rotatable bonds is 8. The highest BCUT2D eigenvalue weighted by atomic mass is 32.2. The maximum atomic E-state index is 12.0. The standard InChI is InChI=1S/C20H19N5O3S/c1-2-25-18(15-6-4-3-5-7-15)23-24-20(25)29-13-17(26)22-21-12-14-8-10-16(11-9-14)19(27)28/h3-12H,2,13H2,1H3,(H,22,26)(H,27,28)/p-1. The van der Waals surface area contributed by atoms with Crippen LogP contribution >= 0.6 is 11.8 Å². The van der Waals surface area contributed by atoms with Gasteiger partial charge < -0.3 is 14.5 Å². The molecule has 0 spiro atoms. The number of carbonyl (C=O) groups excluding carboxylic acids is 2. The lowest BCUT2D eigenvalue weighted by molar-refractivity contribution is -0.255. The molecule has 3 rings (SSSR count). The molecule has 9 heteroatoms. The summed E-state index contributed by atoms with van der Waals surface area (Å²) in [6, 6.07) is 15.7. The first-order chi connectivity index (χ1) is 14.1. The number of hydrogen-bond donors (Lipinski definition) is 1. The fourth-order valence-corrected chi connectivity index (χ4v) is 3.32. The highest BCUT2D eigenvalue weighted by Crippen LogP contribution is 2.23. The number of benzene rings is 2. The van der Waals surface area contributed by atoms with Crippen LogP contribution in [0.3, 0.4) is 0 Å². The van der Waals surface area contributed by atoms with Gasteiger partial charge in [0.15, 0.2) is 11.0 Å². The topological polar surface area (TPSA) is 112 Å². The van der Waals surface area contributed by atoms with Gasteiger partial charge in [0.05, 0.1) is 17.9 Å². The summed E-state index contributed by atoms with van der Waals surface area (Å²) in [6.45, 7) is 2.68. The average molecular weight is 408 g/mol. The average Bonchev–Trinajstić information content (AvgIpc) is 3.16. The molecule has 0 saturated heterocycles. The molecule has 29 heavy (non-hydrogen) atoms. The molecule has 3 aromatic rings. The van der Waals surface area contributed by atoms with E-state index in [0.717, 1.165) is 11.4 Å². The maximum absolute atomic E-state index is 12.0. The van der Waals surface area contributed by atoms with Gasteiger partial charge in [-0.3, -0.25) is 4.79 Å². The number of nitrogens with one attached hydrogen (secondary N) is 1. The number of carboxylic acid groups (broad SMARTS) is 1. The lowest BCUT2D eigenvalue weighted by Gasteiger charge is -2.06. The van der Waals surface area contributed by atoms with E-state index in [1.54, 1.807) is 12.1 Å². The van der Waals surface area contributed by atoms with Crippen molar-refractivity contribution in [2.45, 2.75) is 18.6 Å². The number of amides is 1. The molecule has 8 nitrogen and oxygen atoms in total. The van der Waals surface area contributed by atoms with Gasteiger partial charge >= 0.3 is 0 Å².